The molecule has 0 fully saturated rings. The van der Waals surface area contributed by atoms with Crippen LogP contribution in [0.15, 0.2) is 97.4 Å². The van der Waals surface area contributed by atoms with Gasteiger partial charge in [0.2, 0.25) is 0 Å². The van der Waals surface area contributed by atoms with E-state index in [2.05, 4.69) is 56.4 Å². The van der Waals surface area contributed by atoms with Gasteiger partial charge in [-0.05, 0) is 83.1 Å². The van der Waals surface area contributed by atoms with Crippen LogP contribution in [0.4, 0.5) is 0 Å². The standard InChI is InChI=1S/C48H82NO8P/c1-6-8-10-11-12-13-14-15-16-17-21-24-27-30-33-37-42-54-44-47(45-56-58(52,53)55-43-41-49(3,4)5)57-48(51)40-36-32-29-26-23-20-18-19-22-25-28-31-35-39-46(50)38-34-9-7-2/h9,15-16,19-20,22-23,28-29,31-32,34-35,37,39,42,46-47,50H,6-8,10-14,17-18,21,24-27,30,33,36,38,40-41,43-45H2,1-5H3/b16-15-,22-19-,23-20-,31-28+,32-29-,34-9-,39-35+,42-37+/t46?,47-/m1/s1. The van der Waals surface area contributed by atoms with Crippen molar-refractivity contribution >= 4 is 13.8 Å². The van der Waals surface area contributed by atoms with Gasteiger partial charge in [-0.1, -0.05) is 144 Å². The average Bonchev–Trinajstić information content (AvgIpc) is 3.17. The Bertz CT molecular complexity index is 1260. The minimum atomic E-state index is -4.58. The Labute approximate surface area is 354 Å². The summed E-state index contributed by atoms with van der Waals surface area (Å²) in [6.07, 6.45) is 51.4. The lowest BCUT2D eigenvalue weighted by atomic mass is 10.1. The summed E-state index contributed by atoms with van der Waals surface area (Å²) in [5.41, 5.74) is 0. The number of rotatable bonds is 39. The summed E-state index contributed by atoms with van der Waals surface area (Å²) in [5.74, 6) is -0.458. The molecule has 0 saturated carbocycles. The third-order valence-electron chi connectivity index (χ3n) is 8.78. The SMILES string of the molecule is CC/C=C\CC(O)/C=C/C=C/C/C=C\C/C=C\C/C=C\CCC(=O)O[C@H](CO/C=C/CCCCCC/C=C\CCCCCCCC)COP(=O)([O-])OCC[N+](C)(C)C. The number of unbranched alkanes of at least 4 members (excludes halogenated alkanes) is 11. The lowest BCUT2D eigenvalue weighted by molar-refractivity contribution is -0.870. The molecule has 0 spiro atoms. The number of nitrogens with zero attached hydrogens (tertiary/aromatic N) is 1. The normalized spacial score (nSPS) is 15.2. The fourth-order valence-electron chi connectivity index (χ4n) is 5.32. The van der Waals surface area contributed by atoms with E-state index in [1.807, 2.05) is 63.7 Å². The number of likely N-dealkylation sites (N-methyl/N-ethyl adjacent to an activating group) is 1. The molecule has 0 heterocycles. The van der Waals surface area contributed by atoms with Crippen LogP contribution in [0.25, 0.3) is 0 Å². The number of carbonyl (C=O) groups is 1. The van der Waals surface area contributed by atoms with Crippen LogP contribution in [0.2, 0.25) is 0 Å². The molecule has 0 aromatic heterocycles. The fraction of sp³-hybridized carbons (Fsp3) is 0.646. The van der Waals surface area contributed by atoms with E-state index in [1.54, 1.807) is 12.3 Å². The lowest BCUT2D eigenvalue weighted by Gasteiger charge is -2.28. The van der Waals surface area contributed by atoms with E-state index in [1.165, 1.54) is 57.8 Å². The van der Waals surface area contributed by atoms with Crippen molar-refractivity contribution in [3.05, 3.63) is 97.4 Å². The number of ether oxygens (including phenoxy) is 2. The molecular formula is C48H82NO8P. The molecule has 3 atom stereocenters. The van der Waals surface area contributed by atoms with Crippen LogP contribution < -0.4 is 4.89 Å². The zero-order chi connectivity index (χ0) is 42.8. The third-order valence-corrected chi connectivity index (χ3v) is 9.74. The fourth-order valence-corrected chi connectivity index (χ4v) is 6.05. The molecule has 0 rings (SSSR count). The highest BCUT2D eigenvalue weighted by Gasteiger charge is 2.20. The third kappa shape index (κ3) is 42.8. The number of quaternary nitrogens is 1. The van der Waals surface area contributed by atoms with E-state index in [9.17, 15) is 19.4 Å². The highest BCUT2D eigenvalue weighted by molar-refractivity contribution is 7.45. The van der Waals surface area contributed by atoms with Crippen LogP contribution in [0.3, 0.4) is 0 Å². The topological polar surface area (TPSA) is 114 Å². The number of phosphoric acid groups is 1. The maximum atomic E-state index is 12.6. The molecule has 0 aromatic rings. The molecule has 0 bridgehead atoms. The quantitative estimate of drug-likeness (QED) is 0.0124. The van der Waals surface area contributed by atoms with Gasteiger partial charge in [0, 0.05) is 6.42 Å². The van der Waals surface area contributed by atoms with Gasteiger partial charge in [-0.2, -0.15) is 0 Å². The summed E-state index contributed by atoms with van der Waals surface area (Å²) in [5, 5.41) is 9.85. The molecule has 0 saturated heterocycles. The number of hydrogen-bond acceptors (Lipinski definition) is 8. The average molecular weight is 832 g/mol. The minimum absolute atomic E-state index is 0.0112. The van der Waals surface area contributed by atoms with Gasteiger partial charge >= 0.3 is 5.97 Å². The van der Waals surface area contributed by atoms with Crippen LogP contribution in [-0.2, 0) is 27.9 Å². The van der Waals surface area contributed by atoms with Crippen LogP contribution in [0.1, 0.15) is 142 Å². The van der Waals surface area contributed by atoms with Gasteiger partial charge in [0.25, 0.3) is 7.82 Å². The Kier molecular flexibility index (Phi) is 37.8. The first-order chi connectivity index (χ1) is 28.0. The predicted molar refractivity (Wildman–Crippen MR) is 241 cm³/mol. The summed E-state index contributed by atoms with van der Waals surface area (Å²) in [6, 6.07) is 0. The van der Waals surface area contributed by atoms with E-state index < -0.39 is 26.0 Å². The first-order valence-electron chi connectivity index (χ1n) is 22.1. The molecule has 2 unspecified atom stereocenters. The zero-order valence-electron chi connectivity index (χ0n) is 37.1. The maximum Gasteiger partial charge on any atom is 0.306 e. The summed E-state index contributed by atoms with van der Waals surface area (Å²) >= 11 is 0. The lowest BCUT2D eigenvalue weighted by Crippen LogP contribution is -2.37. The number of hydrogen-bond donors (Lipinski definition) is 1. The van der Waals surface area contributed by atoms with E-state index in [0.717, 1.165) is 51.4 Å². The van der Waals surface area contributed by atoms with Gasteiger partial charge in [0.1, 0.15) is 19.8 Å². The van der Waals surface area contributed by atoms with Crippen molar-refractivity contribution in [2.75, 3.05) is 47.5 Å². The van der Waals surface area contributed by atoms with Gasteiger partial charge in [0.05, 0.1) is 40.1 Å². The molecule has 1 N–H and O–H groups in total. The number of carbonyl (C=O) groups excluding carboxylic acids is 1. The van der Waals surface area contributed by atoms with Crippen molar-refractivity contribution in [3.8, 4) is 0 Å². The van der Waals surface area contributed by atoms with Gasteiger partial charge in [-0.25, -0.2) is 0 Å². The smallest absolute Gasteiger partial charge is 0.306 e. The summed E-state index contributed by atoms with van der Waals surface area (Å²) in [7, 11) is 1.23. The van der Waals surface area contributed by atoms with Crippen molar-refractivity contribution in [2.45, 2.75) is 154 Å². The molecule has 0 amide bonds. The summed E-state index contributed by atoms with van der Waals surface area (Å²) in [6.45, 7) is 4.38. The monoisotopic (exact) mass is 832 g/mol. The number of aliphatic hydroxyl groups excluding tert-OH is 1. The summed E-state index contributed by atoms with van der Waals surface area (Å²) < 4.78 is 34.2. The van der Waals surface area contributed by atoms with Crippen LogP contribution in [0, 0.1) is 0 Å². The van der Waals surface area contributed by atoms with Crippen LogP contribution in [-0.4, -0.2) is 75.3 Å². The van der Waals surface area contributed by atoms with Crippen LogP contribution in [0.5, 0.6) is 0 Å². The Morgan fingerprint density at radius 2 is 1.24 bits per heavy atom. The molecule has 10 heteroatoms. The first kappa shape index (κ1) is 55.2. The number of allylic oxidation sites excluding steroid dienone is 13. The second-order valence-electron chi connectivity index (χ2n) is 15.6. The van der Waals surface area contributed by atoms with Gasteiger partial charge in [-0.3, -0.25) is 9.36 Å². The Morgan fingerprint density at radius 3 is 1.86 bits per heavy atom. The molecule has 9 nitrogen and oxygen atoms in total. The molecule has 0 radical (unpaired) electrons. The second kappa shape index (κ2) is 39.7. The van der Waals surface area contributed by atoms with Crippen molar-refractivity contribution in [2.24, 2.45) is 0 Å². The highest BCUT2D eigenvalue weighted by Crippen LogP contribution is 2.38. The van der Waals surface area contributed by atoms with Gasteiger partial charge in [-0.15, -0.1) is 0 Å². The first-order valence-corrected chi connectivity index (χ1v) is 23.6. The molecule has 0 aliphatic rings. The highest BCUT2D eigenvalue weighted by atomic mass is 31.2. The Balaban J connectivity index is 4.50. The Morgan fingerprint density at radius 1 is 0.672 bits per heavy atom. The zero-order valence-corrected chi connectivity index (χ0v) is 38.0. The Hall–Kier alpha value is -2.78. The maximum absolute atomic E-state index is 12.6. The number of aliphatic hydroxyl groups is 1. The van der Waals surface area contributed by atoms with E-state index >= 15 is 0 Å². The van der Waals surface area contributed by atoms with Gasteiger partial charge < -0.3 is 33.0 Å². The predicted octanol–water partition coefficient (Wildman–Crippen LogP) is 11.7. The molecule has 0 aliphatic heterocycles. The molecule has 0 aliphatic carbocycles. The van der Waals surface area contributed by atoms with Crippen molar-refractivity contribution in [1.29, 1.82) is 0 Å². The minimum Gasteiger partial charge on any atom is -0.756 e. The van der Waals surface area contributed by atoms with E-state index in [0.29, 0.717) is 23.9 Å². The van der Waals surface area contributed by atoms with Crippen molar-refractivity contribution in [1.82, 2.24) is 0 Å². The second-order valence-corrected chi connectivity index (χ2v) is 17.0. The molecule has 58 heavy (non-hydrogen) atoms. The number of esters is 1. The van der Waals surface area contributed by atoms with Crippen LogP contribution >= 0.6 is 7.82 Å². The van der Waals surface area contributed by atoms with Crippen molar-refractivity contribution in [3.63, 3.8) is 0 Å². The van der Waals surface area contributed by atoms with Crippen molar-refractivity contribution < 1.29 is 42.4 Å². The van der Waals surface area contributed by atoms with E-state index in [-0.39, 0.29) is 26.2 Å². The molecular weight excluding hydrogens is 750 g/mol. The molecule has 332 valence electrons. The van der Waals surface area contributed by atoms with Gasteiger partial charge in [0.15, 0.2) is 6.10 Å². The largest absolute Gasteiger partial charge is 0.756 e. The summed E-state index contributed by atoms with van der Waals surface area (Å²) in [4.78, 5) is 25.0. The number of phosphoric ester groups is 1. The molecule has 0 aromatic carbocycles. The van der Waals surface area contributed by atoms with E-state index in [4.69, 9.17) is 18.5 Å².